The molecule has 1 heterocycles. The van der Waals surface area contributed by atoms with Crippen molar-refractivity contribution in [1.82, 2.24) is 20.0 Å². The van der Waals surface area contributed by atoms with E-state index in [9.17, 15) is 22.8 Å². The third-order valence-corrected chi connectivity index (χ3v) is 4.46. The van der Waals surface area contributed by atoms with E-state index in [0.29, 0.717) is 13.1 Å². The van der Waals surface area contributed by atoms with E-state index in [2.05, 4.69) is 0 Å². The van der Waals surface area contributed by atoms with Crippen molar-refractivity contribution in [2.75, 3.05) is 60.9 Å². The van der Waals surface area contributed by atoms with Gasteiger partial charge in [0, 0.05) is 32.7 Å². The van der Waals surface area contributed by atoms with E-state index < -0.39 is 29.9 Å². The van der Waals surface area contributed by atoms with Crippen molar-refractivity contribution in [2.24, 2.45) is 11.8 Å². The Hall–Kier alpha value is -1.06. The second-order valence-corrected chi connectivity index (χ2v) is 7.50. The number of hydrogen-bond acceptors (Lipinski definition) is 4. The summed E-state index contributed by atoms with van der Waals surface area (Å²) >= 11 is 5.15. The molecule has 1 rings (SSSR count). The minimum atomic E-state index is -4.63. The van der Waals surface area contributed by atoms with Gasteiger partial charge in [0.2, 0.25) is 0 Å². The SMILES string of the molecule is CN(C)C[C@@H]1CN(C(=O)C(=O)NCC(Cl)C(F)(F)F)C[C@H]1CN(C)C. The highest BCUT2D eigenvalue weighted by Crippen LogP contribution is 2.25. The summed E-state index contributed by atoms with van der Waals surface area (Å²) in [6.45, 7) is 1.52. The second kappa shape index (κ2) is 9.05. The first kappa shape index (κ1) is 22.0. The molecule has 0 aromatic heterocycles. The molecule has 0 spiro atoms. The number of nitrogens with zero attached hydrogens (tertiary/aromatic N) is 3. The molecule has 0 radical (unpaired) electrons. The van der Waals surface area contributed by atoms with Gasteiger partial charge in [-0.15, -0.1) is 11.6 Å². The lowest BCUT2D eigenvalue weighted by Gasteiger charge is -2.24. The van der Waals surface area contributed by atoms with Gasteiger partial charge >= 0.3 is 18.0 Å². The normalized spacial score (nSPS) is 22.6. The highest BCUT2D eigenvalue weighted by Gasteiger charge is 2.40. The van der Waals surface area contributed by atoms with Gasteiger partial charge in [-0.2, -0.15) is 13.2 Å². The third kappa shape index (κ3) is 6.99. The Morgan fingerprint density at radius 2 is 1.56 bits per heavy atom. The zero-order valence-corrected chi connectivity index (χ0v) is 15.7. The van der Waals surface area contributed by atoms with Crippen LogP contribution >= 0.6 is 11.6 Å². The van der Waals surface area contributed by atoms with Gasteiger partial charge in [-0.1, -0.05) is 0 Å². The molecule has 1 N–H and O–H groups in total. The maximum Gasteiger partial charge on any atom is 0.406 e. The Morgan fingerprint density at radius 1 is 1.12 bits per heavy atom. The predicted octanol–water partition coefficient (Wildman–Crippen LogP) is 0.470. The van der Waals surface area contributed by atoms with Crippen molar-refractivity contribution in [3.8, 4) is 0 Å². The van der Waals surface area contributed by atoms with Crippen LogP contribution in [0.4, 0.5) is 13.2 Å². The monoisotopic (exact) mass is 386 g/mol. The molecule has 0 saturated carbocycles. The number of carbonyl (C=O) groups is 2. The number of amides is 2. The fraction of sp³-hybridized carbons (Fsp3) is 0.867. The molecule has 0 aromatic carbocycles. The lowest BCUT2D eigenvalue weighted by Crippen LogP contribution is -2.46. The zero-order chi connectivity index (χ0) is 19.4. The summed E-state index contributed by atoms with van der Waals surface area (Å²) in [7, 11) is 7.73. The van der Waals surface area contributed by atoms with Crippen LogP contribution in [0.5, 0.6) is 0 Å². The number of nitrogens with one attached hydrogen (secondary N) is 1. The van der Waals surface area contributed by atoms with Gasteiger partial charge in [-0.25, -0.2) is 0 Å². The van der Waals surface area contributed by atoms with E-state index in [4.69, 9.17) is 11.6 Å². The van der Waals surface area contributed by atoms with Gasteiger partial charge in [0.15, 0.2) is 0 Å². The van der Waals surface area contributed by atoms with E-state index in [1.807, 2.05) is 43.3 Å². The largest absolute Gasteiger partial charge is 0.406 e. The van der Waals surface area contributed by atoms with Gasteiger partial charge in [0.05, 0.1) is 0 Å². The summed E-state index contributed by atoms with van der Waals surface area (Å²) in [5, 5.41) is -0.243. The van der Waals surface area contributed by atoms with Crippen LogP contribution in [0.1, 0.15) is 0 Å². The molecule has 2 amide bonds. The fourth-order valence-corrected chi connectivity index (χ4v) is 3.05. The molecule has 0 bridgehead atoms. The minimum absolute atomic E-state index is 0.199. The van der Waals surface area contributed by atoms with E-state index in [1.54, 1.807) is 0 Å². The Labute approximate surface area is 151 Å². The van der Waals surface area contributed by atoms with Crippen LogP contribution in [0.3, 0.4) is 0 Å². The molecule has 1 saturated heterocycles. The standard InChI is InChI=1S/C15H26ClF3N4O2/c1-21(2)6-10-8-23(9-11(10)7-22(3)4)14(25)13(24)20-5-12(16)15(17,18)19/h10-12H,5-9H2,1-4H3,(H,20,24)/t10-,11-,12?/m1/s1. The molecule has 10 heteroatoms. The van der Waals surface area contributed by atoms with Crippen LogP contribution in [-0.2, 0) is 9.59 Å². The zero-order valence-electron chi connectivity index (χ0n) is 14.9. The van der Waals surface area contributed by atoms with E-state index >= 15 is 0 Å². The topological polar surface area (TPSA) is 55.9 Å². The molecule has 1 unspecified atom stereocenters. The average molecular weight is 387 g/mol. The van der Waals surface area contributed by atoms with Crippen LogP contribution < -0.4 is 5.32 Å². The molecule has 1 aliphatic heterocycles. The Bertz CT molecular complexity index is 456. The first-order valence-corrected chi connectivity index (χ1v) is 8.42. The highest BCUT2D eigenvalue weighted by molar-refractivity contribution is 6.35. The molecule has 6 nitrogen and oxygen atoms in total. The Kier molecular flexibility index (Phi) is 7.95. The van der Waals surface area contributed by atoms with Gasteiger partial charge in [-0.3, -0.25) is 9.59 Å². The number of alkyl halides is 4. The van der Waals surface area contributed by atoms with Crippen LogP contribution in [-0.4, -0.2) is 99.0 Å². The van der Waals surface area contributed by atoms with Gasteiger partial charge < -0.3 is 20.0 Å². The van der Waals surface area contributed by atoms with Gasteiger partial charge in [-0.05, 0) is 40.0 Å². The molecule has 1 fully saturated rings. The number of hydrogen-bond donors (Lipinski definition) is 1. The highest BCUT2D eigenvalue weighted by atomic mass is 35.5. The average Bonchev–Trinajstić information content (AvgIpc) is 2.83. The first-order chi connectivity index (χ1) is 11.4. The molecule has 146 valence electrons. The van der Waals surface area contributed by atoms with E-state index in [-0.39, 0.29) is 11.8 Å². The maximum absolute atomic E-state index is 12.4. The van der Waals surface area contributed by atoms with Crippen molar-refractivity contribution in [3.63, 3.8) is 0 Å². The molecule has 1 aliphatic rings. The molecular formula is C15H26ClF3N4O2. The quantitative estimate of drug-likeness (QED) is 0.532. The van der Waals surface area contributed by atoms with Gasteiger partial charge in [0.25, 0.3) is 0 Å². The van der Waals surface area contributed by atoms with Crippen molar-refractivity contribution in [1.29, 1.82) is 0 Å². The summed E-state index contributed by atoms with van der Waals surface area (Å²) in [5.74, 6) is -1.46. The lowest BCUT2D eigenvalue weighted by molar-refractivity contribution is -0.147. The lowest BCUT2D eigenvalue weighted by atomic mass is 9.95. The summed E-state index contributed by atoms with van der Waals surface area (Å²) in [5.41, 5.74) is 0. The van der Waals surface area contributed by atoms with Crippen LogP contribution in [0.2, 0.25) is 0 Å². The summed E-state index contributed by atoms with van der Waals surface area (Å²) < 4.78 is 37.1. The van der Waals surface area contributed by atoms with E-state index in [1.165, 1.54) is 4.90 Å². The van der Waals surface area contributed by atoms with Crippen LogP contribution in [0.25, 0.3) is 0 Å². The number of rotatable bonds is 6. The Balaban J connectivity index is 2.63. The van der Waals surface area contributed by atoms with Crippen molar-refractivity contribution >= 4 is 23.4 Å². The summed E-state index contributed by atoms with van der Waals surface area (Å²) in [4.78, 5) is 29.5. The molecule has 0 aliphatic carbocycles. The number of halogens is 4. The molecule has 25 heavy (non-hydrogen) atoms. The van der Waals surface area contributed by atoms with Gasteiger partial charge in [0.1, 0.15) is 5.38 Å². The Morgan fingerprint density at radius 3 is 1.92 bits per heavy atom. The van der Waals surface area contributed by atoms with Crippen LogP contribution in [0, 0.1) is 11.8 Å². The summed E-state index contributed by atoms with van der Waals surface area (Å²) in [6.07, 6.45) is -4.63. The van der Waals surface area contributed by atoms with E-state index in [0.717, 1.165) is 13.1 Å². The second-order valence-electron chi connectivity index (χ2n) is 6.97. The molecular weight excluding hydrogens is 361 g/mol. The minimum Gasteiger partial charge on any atom is -0.346 e. The predicted molar refractivity (Wildman–Crippen MR) is 89.4 cm³/mol. The molecule has 0 aromatic rings. The van der Waals surface area contributed by atoms with Crippen molar-refractivity contribution in [3.05, 3.63) is 0 Å². The smallest absolute Gasteiger partial charge is 0.346 e. The van der Waals surface area contributed by atoms with Crippen molar-refractivity contribution < 1.29 is 22.8 Å². The third-order valence-electron chi connectivity index (χ3n) is 4.05. The van der Waals surface area contributed by atoms with Crippen LogP contribution in [0.15, 0.2) is 0 Å². The summed E-state index contributed by atoms with van der Waals surface area (Å²) in [6, 6.07) is 0. The number of likely N-dealkylation sites (tertiary alicyclic amines) is 1. The maximum atomic E-state index is 12.4. The molecule has 3 atom stereocenters. The van der Waals surface area contributed by atoms with Crippen molar-refractivity contribution in [2.45, 2.75) is 11.6 Å². The fourth-order valence-electron chi connectivity index (χ4n) is 2.97. The first-order valence-electron chi connectivity index (χ1n) is 7.99. The number of carbonyl (C=O) groups excluding carboxylic acids is 2.